The number of nitrogens with zero attached hydrogens (tertiary/aromatic N) is 1. The molecular formula is C16H16N2O2S. The fourth-order valence-electron chi connectivity index (χ4n) is 2.43. The summed E-state index contributed by atoms with van der Waals surface area (Å²) in [6.07, 6.45) is 5.27. The molecule has 1 unspecified atom stereocenters. The number of hydrazone groups is 1. The van der Waals surface area contributed by atoms with Gasteiger partial charge in [0.05, 0.1) is 18.2 Å². The Labute approximate surface area is 127 Å². The third-order valence-corrected chi connectivity index (χ3v) is 4.74. The van der Waals surface area contributed by atoms with Crippen LogP contribution < -0.4 is 5.43 Å². The summed E-state index contributed by atoms with van der Waals surface area (Å²) in [6.45, 7) is 0. The molecular weight excluding hydrogens is 284 g/mol. The minimum atomic E-state index is -0.0906. The average molecular weight is 300 g/mol. The highest BCUT2D eigenvalue weighted by molar-refractivity contribution is 8.00. The SMILES string of the molecule is O=C(CSC1CCc2ccccc21)NN=Cc1ccco1. The van der Waals surface area contributed by atoms with Crippen molar-refractivity contribution in [3.63, 3.8) is 0 Å². The zero-order chi connectivity index (χ0) is 14.5. The van der Waals surface area contributed by atoms with Gasteiger partial charge < -0.3 is 4.42 Å². The van der Waals surface area contributed by atoms with Gasteiger partial charge in [0.2, 0.25) is 5.91 Å². The van der Waals surface area contributed by atoms with E-state index in [0.29, 0.717) is 16.8 Å². The van der Waals surface area contributed by atoms with Crippen molar-refractivity contribution in [3.8, 4) is 0 Å². The summed E-state index contributed by atoms with van der Waals surface area (Å²) in [7, 11) is 0. The molecule has 0 saturated carbocycles. The molecule has 21 heavy (non-hydrogen) atoms. The third kappa shape index (κ3) is 3.55. The number of hydrogen-bond donors (Lipinski definition) is 1. The number of benzene rings is 1. The van der Waals surface area contributed by atoms with E-state index in [0.717, 1.165) is 12.8 Å². The zero-order valence-electron chi connectivity index (χ0n) is 11.5. The maximum atomic E-state index is 11.8. The lowest BCUT2D eigenvalue weighted by atomic mass is 10.1. The molecule has 0 spiro atoms. The van der Waals surface area contributed by atoms with E-state index < -0.39 is 0 Å². The molecule has 1 aliphatic carbocycles. The van der Waals surface area contributed by atoms with Crippen molar-refractivity contribution < 1.29 is 9.21 Å². The monoisotopic (exact) mass is 300 g/mol. The van der Waals surface area contributed by atoms with Gasteiger partial charge in [-0.2, -0.15) is 5.10 Å². The van der Waals surface area contributed by atoms with Crippen LogP contribution in [0.2, 0.25) is 0 Å². The fraction of sp³-hybridized carbons (Fsp3) is 0.250. The van der Waals surface area contributed by atoms with E-state index >= 15 is 0 Å². The number of thioether (sulfide) groups is 1. The molecule has 1 heterocycles. The number of carbonyl (C=O) groups excluding carboxylic acids is 1. The topological polar surface area (TPSA) is 54.6 Å². The lowest BCUT2D eigenvalue weighted by molar-refractivity contribution is -0.118. The first-order valence-corrected chi connectivity index (χ1v) is 7.92. The van der Waals surface area contributed by atoms with Gasteiger partial charge in [0.1, 0.15) is 5.76 Å². The Kier molecular flexibility index (Phi) is 4.40. The van der Waals surface area contributed by atoms with E-state index in [4.69, 9.17) is 4.42 Å². The highest BCUT2D eigenvalue weighted by atomic mass is 32.2. The Balaban J connectivity index is 1.46. The molecule has 1 aromatic carbocycles. The number of furan rings is 1. The number of hydrogen-bond acceptors (Lipinski definition) is 4. The van der Waals surface area contributed by atoms with Crippen LogP contribution in [0.5, 0.6) is 0 Å². The summed E-state index contributed by atoms with van der Waals surface area (Å²) < 4.78 is 5.09. The molecule has 2 aromatic rings. The maximum Gasteiger partial charge on any atom is 0.250 e. The lowest BCUT2D eigenvalue weighted by Gasteiger charge is -2.10. The molecule has 0 radical (unpaired) electrons. The van der Waals surface area contributed by atoms with E-state index in [1.807, 2.05) is 0 Å². The smallest absolute Gasteiger partial charge is 0.250 e. The maximum absolute atomic E-state index is 11.8. The van der Waals surface area contributed by atoms with Crippen molar-refractivity contribution in [2.24, 2.45) is 5.10 Å². The second-order valence-electron chi connectivity index (χ2n) is 4.85. The number of rotatable bonds is 5. The van der Waals surface area contributed by atoms with Crippen molar-refractivity contribution in [1.82, 2.24) is 5.43 Å². The van der Waals surface area contributed by atoms with Crippen molar-refractivity contribution in [2.45, 2.75) is 18.1 Å². The van der Waals surface area contributed by atoms with E-state index in [2.05, 4.69) is 34.8 Å². The van der Waals surface area contributed by atoms with Crippen molar-refractivity contribution in [2.75, 3.05) is 5.75 Å². The molecule has 1 N–H and O–H groups in total. The number of aryl methyl sites for hydroxylation is 1. The van der Waals surface area contributed by atoms with Gasteiger partial charge in [0.15, 0.2) is 0 Å². The summed E-state index contributed by atoms with van der Waals surface area (Å²) in [5.41, 5.74) is 5.30. The molecule has 0 saturated heterocycles. The van der Waals surface area contributed by atoms with Gasteiger partial charge in [-0.15, -0.1) is 11.8 Å². The second kappa shape index (κ2) is 6.63. The first-order valence-electron chi connectivity index (χ1n) is 6.88. The van der Waals surface area contributed by atoms with Crippen molar-refractivity contribution in [3.05, 3.63) is 59.5 Å². The van der Waals surface area contributed by atoms with Gasteiger partial charge in [-0.3, -0.25) is 4.79 Å². The highest BCUT2D eigenvalue weighted by Crippen LogP contribution is 2.40. The third-order valence-electron chi connectivity index (χ3n) is 3.42. The Hall–Kier alpha value is -2.01. The van der Waals surface area contributed by atoms with E-state index in [-0.39, 0.29) is 5.91 Å². The molecule has 1 amide bonds. The summed E-state index contributed by atoms with van der Waals surface area (Å²) in [4.78, 5) is 11.8. The Morgan fingerprint density at radius 3 is 3.14 bits per heavy atom. The van der Waals surface area contributed by atoms with E-state index in [9.17, 15) is 4.79 Å². The van der Waals surface area contributed by atoms with Gasteiger partial charge in [-0.1, -0.05) is 24.3 Å². The highest BCUT2D eigenvalue weighted by Gasteiger charge is 2.22. The minimum Gasteiger partial charge on any atom is -0.463 e. The number of nitrogens with one attached hydrogen (secondary N) is 1. The zero-order valence-corrected chi connectivity index (χ0v) is 12.3. The molecule has 0 fully saturated rings. The van der Waals surface area contributed by atoms with Crippen LogP contribution in [-0.2, 0) is 11.2 Å². The van der Waals surface area contributed by atoms with Crippen LogP contribution in [0.4, 0.5) is 0 Å². The van der Waals surface area contributed by atoms with Gasteiger partial charge >= 0.3 is 0 Å². The van der Waals surface area contributed by atoms with Crippen LogP contribution in [0, 0.1) is 0 Å². The lowest BCUT2D eigenvalue weighted by Crippen LogP contribution is -2.20. The molecule has 3 rings (SSSR count). The Bertz CT molecular complexity index is 637. The molecule has 108 valence electrons. The Morgan fingerprint density at radius 1 is 1.38 bits per heavy atom. The van der Waals surface area contributed by atoms with Crippen LogP contribution in [-0.4, -0.2) is 17.9 Å². The minimum absolute atomic E-state index is 0.0906. The first kappa shape index (κ1) is 13.9. The van der Waals surface area contributed by atoms with Gasteiger partial charge in [-0.25, -0.2) is 5.43 Å². The molecule has 0 aliphatic heterocycles. The van der Waals surface area contributed by atoms with E-state index in [1.165, 1.54) is 17.3 Å². The first-order chi connectivity index (χ1) is 10.3. The van der Waals surface area contributed by atoms with Gasteiger partial charge in [-0.05, 0) is 36.1 Å². The van der Waals surface area contributed by atoms with Crippen LogP contribution in [0.3, 0.4) is 0 Å². The molecule has 4 nitrogen and oxygen atoms in total. The Morgan fingerprint density at radius 2 is 2.29 bits per heavy atom. The van der Waals surface area contributed by atoms with Crippen LogP contribution in [0.15, 0.2) is 52.2 Å². The second-order valence-corrected chi connectivity index (χ2v) is 6.04. The normalized spacial score (nSPS) is 17.0. The summed E-state index contributed by atoms with van der Waals surface area (Å²) >= 11 is 1.67. The average Bonchev–Trinajstić information content (AvgIpc) is 3.14. The molecule has 1 atom stereocenters. The number of fused-ring (bicyclic) bond motifs is 1. The van der Waals surface area contributed by atoms with Crippen LogP contribution in [0.1, 0.15) is 28.6 Å². The largest absolute Gasteiger partial charge is 0.463 e. The summed E-state index contributed by atoms with van der Waals surface area (Å²) in [6, 6.07) is 12.0. The van der Waals surface area contributed by atoms with Crippen LogP contribution >= 0.6 is 11.8 Å². The predicted molar refractivity (Wildman–Crippen MR) is 84.4 cm³/mol. The summed E-state index contributed by atoms with van der Waals surface area (Å²) in [5.74, 6) is 0.939. The van der Waals surface area contributed by atoms with Crippen LogP contribution in [0.25, 0.3) is 0 Å². The van der Waals surface area contributed by atoms with Crippen molar-refractivity contribution >= 4 is 23.9 Å². The molecule has 1 aromatic heterocycles. The van der Waals surface area contributed by atoms with Gasteiger partial charge in [0.25, 0.3) is 0 Å². The molecule has 1 aliphatic rings. The molecule has 5 heteroatoms. The quantitative estimate of drug-likeness (QED) is 0.681. The van der Waals surface area contributed by atoms with E-state index in [1.54, 1.807) is 30.2 Å². The molecule has 0 bridgehead atoms. The summed E-state index contributed by atoms with van der Waals surface area (Å²) in [5, 5.41) is 4.29. The fourth-order valence-corrected chi connectivity index (χ4v) is 3.54. The number of amides is 1. The standard InChI is InChI=1S/C16H16N2O2S/c19-16(18-17-10-13-5-3-9-20-13)11-21-15-8-7-12-4-1-2-6-14(12)15/h1-6,9-10,15H,7-8,11H2,(H,18,19). The number of carbonyl (C=O) groups is 1. The van der Waals surface area contributed by atoms with Gasteiger partial charge in [0, 0.05) is 5.25 Å². The predicted octanol–water partition coefficient (Wildman–Crippen LogP) is 3.15. The van der Waals surface area contributed by atoms with Crippen molar-refractivity contribution in [1.29, 1.82) is 0 Å².